The zero-order valence-corrected chi connectivity index (χ0v) is 9.85. The first-order valence-corrected chi connectivity index (χ1v) is 5.59. The number of rotatable bonds is 2. The third-order valence-corrected chi connectivity index (χ3v) is 2.85. The Morgan fingerprint density at radius 1 is 1.17 bits per heavy atom. The van der Waals surface area contributed by atoms with E-state index >= 15 is 0 Å². The number of halogens is 1. The molecular weight excluding hydrogens is 252 g/mol. The summed E-state index contributed by atoms with van der Waals surface area (Å²) in [4.78, 5) is 20.1. The number of nitrogens with one attached hydrogen (secondary N) is 1. The van der Waals surface area contributed by atoms with Crippen molar-refractivity contribution < 1.29 is 4.79 Å². The van der Waals surface area contributed by atoms with E-state index in [0.717, 1.165) is 0 Å². The minimum absolute atomic E-state index is 0.185. The molecule has 0 fully saturated rings. The summed E-state index contributed by atoms with van der Waals surface area (Å²) in [5.41, 5.74) is 1.25. The molecule has 1 aromatic carbocycles. The molecule has 2 aromatic heterocycles. The van der Waals surface area contributed by atoms with Crippen LogP contribution in [0.1, 0.15) is 16.1 Å². The fraction of sp³-hybridized carbons (Fsp3) is 0. The summed E-state index contributed by atoms with van der Waals surface area (Å²) < 4.78 is 0. The minimum Gasteiger partial charge on any atom is -0.287 e. The highest BCUT2D eigenvalue weighted by Crippen LogP contribution is 2.23. The number of hydrogen-bond acceptors (Lipinski definition) is 4. The summed E-state index contributed by atoms with van der Waals surface area (Å²) in [6, 6.07) is 8.89. The number of fused-ring (bicyclic) bond motifs is 1. The highest BCUT2D eigenvalue weighted by molar-refractivity contribution is 6.35. The molecule has 0 aliphatic heterocycles. The van der Waals surface area contributed by atoms with Crippen molar-refractivity contribution in [3.05, 3.63) is 53.1 Å². The Bertz CT molecular complexity index is 723. The largest absolute Gasteiger partial charge is 0.287 e. The molecule has 1 N–H and O–H groups in total. The van der Waals surface area contributed by atoms with Crippen molar-refractivity contribution >= 4 is 28.4 Å². The molecule has 0 unspecified atom stereocenters. The molecular formula is C12H7ClN4O. The minimum atomic E-state index is -0.185. The zero-order chi connectivity index (χ0) is 12.5. The second-order valence-electron chi connectivity index (χ2n) is 3.66. The van der Waals surface area contributed by atoms with Crippen LogP contribution in [0.25, 0.3) is 11.0 Å². The van der Waals surface area contributed by atoms with Crippen molar-refractivity contribution in [1.29, 1.82) is 0 Å². The maximum atomic E-state index is 12.3. The first kappa shape index (κ1) is 10.9. The summed E-state index contributed by atoms with van der Waals surface area (Å²) in [6.45, 7) is 0. The number of aromatic amines is 1. The average Bonchev–Trinajstić information content (AvgIpc) is 2.84. The van der Waals surface area contributed by atoms with E-state index in [2.05, 4.69) is 20.2 Å². The van der Waals surface area contributed by atoms with Gasteiger partial charge in [0.2, 0.25) is 5.78 Å². The molecule has 0 spiro atoms. The van der Waals surface area contributed by atoms with Gasteiger partial charge < -0.3 is 0 Å². The Hall–Kier alpha value is -2.27. The van der Waals surface area contributed by atoms with Crippen LogP contribution >= 0.6 is 11.6 Å². The highest BCUT2D eigenvalue weighted by atomic mass is 35.5. The number of carbonyl (C=O) groups excluding carboxylic acids is 1. The number of benzene rings is 1. The molecule has 0 saturated carbocycles. The summed E-state index contributed by atoms with van der Waals surface area (Å²) in [7, 11) is 0. The molecule has 0 radical (unpaired) electrons. The highest BCUT2D eigenvalue weighted by Gasteiger charge is 2.18. The summed E-state index contributed by atoms with van der Waals surface area (Å²) in [6.07, 6.45) is 1.31. The van der Waals surface area contributed by atoms with Gasteiger partial charge in [-0.25, -0.2) is 9.97 Å². The molecule has 0 atom stereocenters. The van der Waals surface area contributed by atoms with Gasteiger partial charge in [0.1, 0.15) is 17.2 Å². The molecule has 0 saturated heterocycles. The normalized spacial score (nSPS) is 10.7. The number of ketones is 1. The molecule has 0 bridgehead atoms. The second kappa shape index (κ2) is 4.19. The fourth-order valence-electron chi connectivity index (χ4n) is 1.72. The second-order valence-corrected chi connectivity index (χ2v) is 4.01. The molecule has 18 heavy (non-hydrogen) atoms. The van der Waals surface area contributed by atoms with Gasteiger partial charge in [-0.2, -0.15) is 5.10 Å². The van der Waals surface area contributed by atoms with Crippen LogP contribution < -0.4 is 0 Å². The van der Waals surface area contributed by atoms with E-state index in [1.807, 2.05) is 6.07 Å². The van der Waals surface area contributed by atoms with E-state index in [0.29, 0.717) is 22.3 Å². The quantitative estimate of drug-likeness (QED) is 0.565. The van der Waals surface area contributed by atoms with Gasteiger partial charge in [0.25, 0.3) is 0 Å². The summed E-state index contributed by atoms with van der Waals surface area (Å²) in [5, 5.41) is 7.28. The lowest BCUT2D eigenvalue weighted by Gasteiger charge is -1.98. The van der Waals surface area contributed by atoms with E-state index in [1.54, 1.807) is 24.3 Å². The van der Waals surface area contributed by atoms with Crippen molar-refractivity contribution in [3.63, 3.8) is 0 Å². The summed E-state index contributed by atoms with van der Waals surface area (Å²) >= 11 is 5.97. The van der Waals surface area contributed by atoms with Gasteiger partial charge in [-0.1, -0.05) is 41.9 Å². The maximum absolute atomic E-state index is 12.3. The Balaban J connectivity index is 2.19. The van der Waals surface area contributed by atoms with Gasteiger partial charge in [-0.15, -0.1) is 0 Å². The Morgan fingerprint density at radius 2 is 1.94 bits per heavy atom. The van der Waals surface area contributed by atoms with Crippen molar-refractivity contribution in [2.45, 2.75) is 0 Å². The maximum Gasteiger partial charge on any atom is 0.211 e. The average molecular weight is 259 g/mol. The molecule has 0 aliphatic carbocycles. The van der Waals surface area contributed by atoms with E-state index in [9.17, 15) is 4.79 Å². The monoisotopic (exact) mass is 258 g/mol. The number of carbonyl (C=O) groups is 1. The van der Waals surface area contributed by atoms with E-state index in [1.165, 1.54) is 6.33 Å². The summed E-state index contributed by atoms with van der Waals surface area (Å²) in [5.74, 6) is -0.185. The van der Waals surface area contributed by atoms with Crippen molar-refractivity contribution in [2.24, 2.45) is 0 Å². The topological polar surface area (TPSA) is 71.5 Å². The van der Waals surface area contributed by atoms with Gasteiger partial charge in [-0.05, 0) is 0 Å². The lowest BCUT2D eigenvalue weighted by molar-refractivity contribution is 0.103. The van der Waals surface area contributed by atoms with Crippen LogP contribution in [0, 0.1) is 0 Å². The number of nitrogens with zero attached hydrogens (tertiary/aromatic N) is 3. The Kier molecular flexibility index (Phi) is 2.53. The van der Waals surface area contributed by atoms with Crippen LogP contribution in [0.15, 0.2) is 36.7 Å². The standard InChI is InChI=1S/C12H7ClN4O/c13-11-8-9(16-17-12(8)15-6-14-11)10(18)7-4-2-1-3-5-7/h1-6H,(H,14,15,16,17). The molecule has 6 heteroatoms. The smallest absolute Gasteiger partial charge is 0.211 e. The third-order valence-electron chi connectivity index (χ3n) is 2.57. The first-order valence-electron chi connectivity index (χ1n) is 5.21. The van der Waals surface area contributed by atoms with E-state index < -0.39 is 0 Å². The Morgan fingerprint density at radius 3 is 2.72 bits per heavy atom. The van der Waals surface area contributed by atoms with Crippen LogP contribution in [0.2, 0.25) is 5.15 Å². The van der Waals surface area contributed by atoms with Crippen LogP contribution in [0.4, 0.5) is 0 Å². The fourth-order valence-corrected chi connectivity index (χ4v) is 1.94. The number of H-pyrrole nitrogens is 1. The molecule has 0 amide bonds. The zero-order valence-electron chi connectivity index (χ0n) is 9.09. The van der Waals surface area contributed by atoms with Crippen LogP contribution in [-0.4, -0.2) is 25.9 Å². The van der Waals surface area contributed by atoms with Crippen molar-refractivity contribution in [2.75, 3.05) is 0 Å². The van der Waals surface area contributed by atoms with Gasteiger partial charge in [0.15, 0.2) is 5.65 Å². The van der Waals surface area contributed by atoms with Crippen LogP contribution in [0.3, 0.4) is 0 Å². The third kappa shape index (κ3) is 1.65. The lowest BCUT2D eigenvalue weighted by atomic mass is 10.1. The molecule has 88 valence electrons. The van der Waals surface area contributed by atoms with Crippen LogP contribution in [-0.2, 0) is 0 Å². The lowest BCUT2D eigenvalue weighted by Crippen LogP contribution is -2.02. The SMILES string of the molecule is O=C(c1ccccc1)c1[nH]nc2ncnc(Cl)c12. The number of aromatic nitrogens is 4. The predicted molar refractivity (Wildman–Crippen MR) is 66.6 cm³/mol. The van der Waals surface area contributed by atoms with Crippen molar-refractivity contribution in [1.82, 2.24) is 20.2 Å². The van der Waals surface area contributed by atoms with Gasteiger partial charge in [-0.3, -0.25) is 9.89 Å². The first-order chi connectivity index (χ1) is 8.77. The Labute approximate surface area is 107 Å². The van der Waals surface area contributed by atoms with Crippen molar-refractivity contribution in [3.8, 4) is 0 Å². The molecule has 5 nitrogen and oxygen atoms in total. The van der Waals surface area contributed by atoms with E-state index in [4.69, 9.17) is 11.6 Å². The predicted octanol–water partition coefficient (Wildman–Crippen LogP) is 2.24. The molecule has 3 aromatic rings. The number of hydrogen-bond donors (Lipinski definition) is 1. The van der Waals surface area contributed by atoms with Crippen LogP contribution in [0.5, 0.6) is 0 Å². The molecule has 2 heterocycles. The molecule has 0 aliphatic rings. The molecule has 3 rings (SSSR count). The van der Waals surface area contributed by atoms with Gasteiger partial charge >= 0.3 is 0 Å². The van der Waals surface area contributed by atoms with Gasteiger partial charge in [0, 0.05) is 5.56 Å². The van der Waals surface area contributed by atoms with Gasteiger partial charge in [0.05, 0.1) is 5.39 Å². The van der Waals surface area contributed by atoms with E-state index in [-0.39, 0.29) is 10.9 Å².